The Bertz CT molecular complexity index is 1120. The molecule has 5 nitrogen and oxygen atoms in total. The van der Waals surface area contributed by atoms with Crippen LogP contribution in [0.4, 0.5) is 5.13 Å². The lowest BCUT2D eigenvalue weighted by atomic mass is 10.2. The number of carbonyl (C=O) groups excluding carboxylic acids is 1. The number of nitrogens with one attached hydrogen (secondary N) is 1. The van der Waals surface area contributed by atoms with Crippen LogP contribution in [0.5, 0.6) is 0 Å². The van der Waals surface area contributed by atoms with Crippen LogP contribution in [-0.4, -0.2) is 25.1 Å². The fourth-order valence-electron chi connectivity index (χ4n) is 2.58. The highest BCUT2D eigenvalue weighted by molar-refractivity contribution is 9.10. The van der Waals surface area contributed by atoms with Crippen LogP contribution in [0.1, 0.15) is 18.9 Å². The summed E-state index contributed by atoms with van der Waals surface area (Å²) in [4.78, 5) is 16.9. The summed E-state index contributed by atoms with van der Waals surface area (Å²) in [5.74, 6) is -0.176. The number of sulfone groups is 1. The van der Waals surface area contributed by atoms with Gasteiger partial charge in [0.05, 0.1) is 16.3 Å². The fourth-order valence-corrected chi connectivity index (χ4v) is 4.89. The van der Waals surface area contributed by atoms with E-state index in [9.17, 15) is 13.2 Å². The van der Waals surface area contributed by atoms with Gasteiger partial charge >= 0.3 is 0 Å². The maximum atomic E-state index is 12.2. The maximum Gasteiger partial charge on any atom is 0.250 e. The predicted molar refractivity (Wildman–Crippen MR) is 122 cm³/mol. The van der Waals surface area contributed by atoms with Crippen molar-refractivity contribution < 1.29 is 13.2 Å². The lowest BCUT2D eigenvalue weighted by Gasteiger charge is -2.03. The van der Waals surface area contributed by atoms with Gasteiger partial charge in [0.15, 0.2) is 15.0 Å². The minimum absolute atomic E-state index is 0.126. The van der Waals surface area contributed by atoms with Crippen molar-refractivity contribution in [3.63, 3.8) is 0 Å². The Labute approximate surface area is 182 Å². The molecule has 0 radical (unpaired) electrons. The van der Waals surface area contributed by atoms with E-state index in [-0.39, 0.29) is 11.7 Å². The molecule has 1 N–H and O–H groups in total. The second-order valence-corrected chi connectivity index (χ2v) is 10.1. The third-order valence-electron chi connectivity index (χ3n) is 4.01. The number of aromatic nitrogens is 1. The monoisotopic (exact) mass is 490 g/mol. The quantitative estimate of drug-likeness (QED) is 0.449. The van der Waals surface area contributed by atoms with Crippen molar-refractivity contribution in [1.29, 1.82) is 0 Å². The molecule has 0 spiro atoms. The molecule has 0 saturated carbocycles. The summed E-state index contributed by atoms with van der Waals surface area (Å²) in [6.45, 7) is 1.83. The van der Waals surface area contributed by atoms with E-state index < -0.39 is 9.84 Å². The summed E-state index contributed by atoms with van der Waals surface area (Å²) in [5, 5.41) is 5.14. The first-order valence-electron chi connectivity index (χ1n) is 8.91. The van der Waals surface area contributed by atoms with Crippen LogP contribution in [0.15, 0.2) is 69.4 Å². The molecule has 1 amide bonds. The molecule has 3 aromatic rings. The molecule has 0 bridgehead atoms. The standard InChI is InChI=1S/C21H19BrN2O3S2/c1-2-13-29(26,27)18-10-3-15(4-11-18)5-12-20(25)24-21-23-19(14-28-21)16-6-8-17(22)9-7-16/h3-12,14H,2,13H2,1H3,(H,23,24,25). The largest absolute Gasteiger partial charge is 0.298 e. The van der Waals surface area contributed by atoms with Gasteiger partial charge in [-0.15, -0.1) is 11.3 Å². The van der Waals surface area contributed by atoms with Crippen molar-refractivity contribution in [2.45, 2.75) is 18.2 Å². The average molecular weight is 491 g/mol. The summed E-state index contributed by atoms with van der Waals surface area (Å²) in [5.41, 5.74) is 2.51. The zero-order valence-electron chi connectivity index (χ0n) is 15.6. The van der Waals surface area contributed by atoms with E-state index >= 15 is 0 Å². The Hall–Kier alpha value is -2.29. The minimum atomic E-state index is -3.24. The summed E-state index contributed by atoms with van der Waals surface area (Å²) in [6.07, 6.45) is 3.61. The van der Waals surface area contributed by atoms with Crippen LogP contribution in [0, 0.1) is 0 Å². The van der Waals surface area contributed by atoms with E-state index in [1.807, 2.05) is 36.6 Å². The average Bonchev–Trinajstić information content (AvgIpc) is 3.15. The van der Waals surface area contributed by atoms with Gasteiger partial charge in [0.1, 0.15) is 0 Å². The number of amides is 1. The van der Waals surface area contributed by atoms with Crippen LogP contribution < -0.4 is 5.32 Å². The van der Waals surface area contributed by atoms with E-state index in [0.29, 0.717) is 16.4 Å². The highest BCUT2D eigenvalue weighted by Crippen LogP contribution is 2.26. The van der Waals surface area contributed by atoms with Crippen molar-refractivity contribution in [2.24, 2.45) is 0 Å². The second-order valence-electron chi connectivity index (χ2n) is 6.26. The van der Waals surface area contributed by atoms with E-state index in [4.69, 9.17) is 0 Å². The number of rotatable bonds is 7. The Balaban J connectivity index is 1.62. The first-order chi connectivity index (χ1) is 13.9. The molecule has 0 unspecified atom stereocenters. The molecular formula is C21H19BrN2O3S2. The summed E-state index contributed by atoms with van der Waals surface area (Å²) in [6, 6.07) is 14.3. The highest BCUT2D eigenvalue weighted by Gasteiger charge is 2.12. The molecule has 0 aliphatic rings. The van der Waals surface area contributed by atoms with Crippen LogP contribution in [-0.2, 0) is 14.6 Å². The number of hydrogen-bond donors (Lipinski definition) is 1. The molecule has 0 aliphatic heterocycles. The van der Waals surface area contributed by atoms with Crippen LogP contribution in [0.25, 0.3) is 17.3 Å². The molecule has 0 atom stereocenters. The van der Waals surface area contributed by atoms with Crippen LogP contribution in [0.3, 0.4) is 0 Å². The first kappa shape index (κ1) is 21.4. The molecule has 0 saturated heterocycles. The molecule has 2 aromatic carbocycles. The smallest absolute Gasteiger partial charge is 0.250 e. The molecular weight excluding hydrogens is 472 g/mol. The Kier molecular flexibility index (Phi) is 7.00. The third kappa shape index (κ3) is 5.85. The van der Waals surface area contributed by atoms with Crippen LogP contribution >= 0.6 is 27.3 Å². The summed E-state index contributed by atoms with van der Waals surface area (Å²) >= 11 is 4.75. The normalized spacial score (nSPS) is 11.7. The lowest BCUT2D eigenvalue weighted by molar-refractivity contribution is -0.111. The number of benzene rings is 2. The number of halogens is 1. The Morgan fingerprint density at radius 2 is 1.83 bits per heavy atom. The zero-order chi connectivity index (χ0) is 20.9. The van der Waals surface area contributed by atoms with Crippen molar-refractivity contribution >= 4 is 54.2 Å². The number of nitrogens with zero attached hydrogens (tertiary/aromatic N) is 1. The van der Waals surface area contributed by atoms with Gasteiger partial charge in [0.25, 0.3) is 0 Å². The van der Waals surface area contributed by atoms with Gasteiger partial charge in [0, 0.05) is 21.5 Å². The van der Waals surface area contributed by atoms with Gasteiger partial charge in [-0.05, 0) is 42.3 Å². The number of thiazole rings is 1. The highest BCUT2D eigenvalue weighted by atomic mass is 79.9. The molecule has 0 aliphatic carbocycles. The predicted octanol–water partition coefficient (Wildman–Crippen LogP) is 5.41. The van der Waals surface area contributed by atoms with E-state index in [2.05, 4.69) is 26.2 Å². The number of anilines is 1. The van der Waals surface area contributed by atoms with Gasteiger partial charge in [0.2, 0.25) is 5.91 Å². The van der Waals surface area contributed by atoms with Crippen LogP contribution in [0.2, 0.25) is 0 Å². The second kappa shape index (κ2) is 9.47. The topological polar surface area (TPSA) is 76.1 Å². The number of hydrogen-bond acceptors (Lipinski definition) is 5. The Morgan fingerprint density at radius 3 is 2.48 bits per heavy atom. The molecule has 150 valence electrons. The molecule has 1 heterocycles. The summed E-state index contributed by atoms with van der Waals surface area (Å²) < 4.78 is 25.1. The molecule has 1 aromatic heterocycles. The Morgan fingerprint density at radius 1 is 1.14 bits per heavy atom. The van der Waals surface area contributed by atoms with Crippen molar-refractivity contribution in [2.75, 3.05) is 11.1 Å². The zero-order valence-corrected chi connectivity index (χ0v) is 18.9. The van der Waals surface area contributed by atoms with Gasteiger partial charge in [-0.1, -0.05) is 47.1 Å². The number of carbonyl (C=O) groups is 1. The van der Waals surface area contributed by atoms with Gasteiger partial charge < -0.3 is 0 Å². The van der Waals surface area contributed by atoms with Gasteiger partial charge in [-0.3, -0.25) is 10.1 Å². The SMILES string of the molecule is CCCS(=O)(=O)c1ccc(C=CC(=O)Nc2nc(-c3ccc(Br)cc3)cs2)cc1. The third-order valence-corrected chi connectivity index (χ3v) is 7.24. The van der Waals surface area contributed by atoms with Crippen molar-refractivity contribution in [3.05, 3.63) is 70.0 Å². The lowest BCUT2D eigenvalue weighted by Crippen LogP contribution is -2.07. The van der Waals surface area contributed by atoms with E-state index in [0.717, 1.165) is 21.3 Å². The molecule has 29 heavy (non-hydrogen) atoms. The maximum absolute atomic E-state index is 12.2. The van der Waals surface area contributed by atoms with E-state index in [1.165, 1.54) is 17.4 Å². The van der Waals surface area contributed by atoms with E-state index in [1.54, 1.807) is 30.3 Å². The van der Waals surface area contributed by atoms with Gasteiger partial charge in [-0.2, -0.15) is 0 Å². The summed E-state index contributed by atoms with van der Waals surface area (Å²) in [7, 11) is -3.24. The first-order valence-corrected chi connectivity index (χ1v) is 12.2. The van der Waals surface area contributed by atoms with Crippen molar-refractivity contribution in [1.82, 2.24) is 4.98 Å². The fraction of sp³-hybridized carbons (Fsp3) is 0.143. The molecule has 0 fully saturated rings. The van der Waals surface area contributed by atoms with Gasteiger partial charge in [-0.25, -0.2) is 13.4 Å². The van der Waals surface area contributed by atoms with Crippen molar-refractivity contribution in [3.8, 4) is 11.3 Å². The molecule has 3 rings (SSSR count). The molecule has 8 heteroatoms. The minimum Gasteiger partial charge on any atom is -0.298 e.